The average Bonchev–Trinajstić information content (AvgIpc) is 3.61. The molecule has 0 unspecified atom stereocenters. The molecule has 0 spiro atoms. The van der Waals surface area contributed by atoms with Gasteiger partial charge in [-0.3, -0.25) is 4.79 Å². The second-order valence-corrected chi connectivity index (χ2v) is 13.4. The van der Waals surface area contributed by atoms with Crippen molar-refractivity contribution in [2.75, 3.05) is 6.79 Å². The predicted molar refractivity (Wildman–Crippen MR) is 160 cm³/mol. The zero-order chi connectivity index (χ0) is 33.3. The Kier molecular flexibility index (Phi) is 10.2. The highest BCUT2D eigenvalue weighted by Crippen LogP contribution is 2.34. The van der Waals surface area contributed by atoms with Gasteiger partial charge in [-0.05, 0) is 48.8 Å². The van der Waals surface area contributed by atoms with Gasteiger partial charge in [-0.2, -0.15) is 0 Å². The van der Waals surface area contributed by atoms with Crippen LogP contribution in [0.25, 0.3) is 6.08 Å². The van der Waals surface area contributed by atoms with E-state index in [2.05, 4.69) is 5.32 Å². The van der Waals surface area contributed by atoms with Gasteiger partial charge in [0.2, 0.25) is 12.2 Å². The highest BCUT2D eigenvalue weighted by molar-refractivity contribution is 7.93. The molecule has 0 bridgehead atoms. The monoisotopic (exact) mass is 663 g/mol. The van der Waals surface area contributed by atoms with E-state index in [1.807, 2.05) is 0 Å². The SMILES string of the molecule is C/C(=C\c1ccc(O[C@@H]2O[C@H](/C(C)=C/S(=O)(=O)Cc3ccccc3)[C@@H](O)[C@@H]2O)c(O)c1)C(=O)N[C@@H]1[C@H](O)[C@@H](O)[C@H]2OCO[C@H]2[C@@H]1O. The molecule has 0 radical (unpaired) electrons. The summed E-state index contributed by atoms with van der Waals surface area (Å²) in [7, 11) is -3.73. The third-order valence-corrected chi connectivity index (χ3v) is 9.58. The Labute approximate surface area is 265 Å². The van der Waals surface area contributed by atoms with E-state index in [9.17, 15) is 43.9 Å². The van der Waals surface area contributed by atoms with E-state index in [4.69, 9.17) is 18.9 Å². The van der Waals surface area contributed by atoms with Crippen LogP contribution < -0.4 is 10.1 Å². The number of amides is 1. The van der Waals surface area contributed by atoms with Gasteiger partial charge in [0.15, 0.2) is 21.3 Å². The standard InChI is InChI=1S/C31H37NO13S/c1-15(30(39)32-21-22(34)24(36)29-28(23(21)35)42-14-43-29)10-18-8-9-20(19(33)11-18)44-31-26(38)25(37)27(45-31)16(2)12-46(40,41)13-17-6-4-3-5-7-17/h3-12,21-29,31,33-38H,13-14H2,1-2H3,(H,32,39)/b15-10+,16-12+/t21-,22+,23-,24-,25+,26+,27-,28+,29-,31-/m1/s1. The minimum absolute atomic E-state index is 0.120. The second-order valence-electron chi connectivity index (χ2n) is 11.6. The van der Waals surface area contributed by atoms with Crippen molar-refractivity contribution in [3.05, 3.63) is 76.2 Å². The molecule has 1 amide bonds. The summed E-state index contributed by atoms with van der Waals surface area (Å²) >= 11 is 0. The Morgan fingerprint density at radius 1 is 0.935 bits per heavy atom. The first kappa shape index (κ1) is 34.0. The lowest BCUT2D eigenvalue weighted by Gasteiger charge is -2.41. The molecule has 2 aromatic rings. The number of sulfone groups is 1. The number of phenols is 1. The summed E-state index contributed by atoms with van der Waals surface area (Å²) in [4.78, 5) is 12.9. The van der Waals surface area contributed by atoms with Gasteiger partial charge < -0.3 is 54.9 Å². The van der Waals surface area contributed by atoms with Crippen LogP contribution in [0.15, 0.2) is 65.1 Å². The van der Waals surface area contributed by atoms with Crippen molar-refractivity contribution >= 4 is 21.8 Å². The largest absolute Gasteiger partial charge is 0.504 e. The van der Waals surface area contributed by atoms with Gasteiger partial charge in [-0.25, -0.2) is 8.42 Å². The van der Waals surface area contributed by atoms with Crippen LogP contribution in [0.3, 0.4) is 0 Å². The first-order valence-corrected chi connectivity index (χ1v) is 16.2. The van der Waals surface area contributed by atoms with Crippen LogP contribution in [0.2, 0.25) is 0 Å². The number of aliphatic hydroxyl groups is 5. The third-order valence-electron chi connectivity index (χ3n) is 8.11. The molecule has 1 saturated carbocycles. The quantitative estimate of drug-likeness (QED) is 0.168. The number of aliphatic hydroxyl groups excluding tert-OH is 5. The lowest BCUT2D eigenvalue weighted by Crippen LogP contribution is -2.67. The molecule has 7 N–H and O–H groups in total. The lowest BCUT2D eigenvalue weighted by molar-refractivity contribution is -0.155. The van der Waals surface area contributed by atoms with Crippen LogP contribution in [0, 0.1) is 0 Å². The molecule has 250 valence electrons. The molecule has 5 rings (SSSR count). The number of rotatable bonds is 9. The van der Waals surface area contributed by atoms with Gasteiger partial charge in [0, 0.05) is 11.0 Å². The lowest BCUT2D eigenvalue weighted by atomic mass is 9.83. The summed E-state index contributed by atoms with van der Waals surface area (Å²) in [6, 6.07) is 11.4. The fourth-order valence-electron chi connectivity index (χ4n) is 5.70. The van der Waals surface area contributed by atoms with Gasteiger partial charge >= 0.3 is 0 Å². The Balaban J connectivity index is 1.21. The molecule has 2 heterocycles. The molecule has 46 heavy (non-hydrogen) atoms. The molecule has 2 aliphatic heterocycles. The second kappa shape index (κ2) is 13.8. The van der Waals surface area contributed by atoms with Crippen LogP contribution in [-0.4, -0.2) is 113 Å². The van der Waals surface area contributed by atoms with Crippen LogP contribution in [-0.2, 0) is 34.6 Å². The molecule has 2 aromatic carbocycles. The summed E-state index contributed by atoms with van der Waals surface area (Å²) < 4.78 is 47.1. The number of benzene rings is 2. The van der Waals surface area contributed by atoms with Crippen molar-refractivity contribution in [1.29, 1.82) is 0 Å². The molecule has 1 aliphatic carbocycles. The van der Waals surface area contributed by atoms with Gasteiger partial charge in [0.25, 0.3) is 0 Å². The number of aromatic hydroxyl groups is 1. The number of carbonyl (C=O) groups is 1. The summed E-state index contributed by atoms with van der Waals surface area (Å²) in [5, 5.41) is 66.6. The first-order chi connectivity index (χ1) is 21.8. The maximum Gasteiger partial charge on any atom is 0.247 e. The average molecular weight is 664 g/mol. The Morgan fingerprint density at radius 3 is 2.28 bits per heavy atom. The van der Waals surface area contributed by atoms with Gasteiger partial charge in [0.05, 0.1) is 11.8 Å². The number of fused-ring (bicyclic) bond motifs is 1. The van der Waals surface area contributed by atoms with Crippen molar-refractivity contribution in [1.82, 2.24) is 5.32 Å². The fourth-order valence-corrected chi connectivity index (χ4v) is 7.14. The first-order valence-electron chi connectivity index (χ1n) is 14.5. The van der Waals surface area contributed by atoms with Crippen molar-refractivity contribution in [3.63, 3.8) is 0 Å². The normalized spacial score (nSPS) is 33.5. The minimum Gasteiger partial charge on any atom is -0.504 e. The van der Waals surface area contributed by atoms with E-state index in [1.165, 1.54) is 38.1 Å². The highest BCUT2D eigenvalue weighted by Gasteiger charge is 2.53. The van der Waals surface area contributed by atoms with Crippen molar-refractivity contribution in [2.24, 2.45) is 0 Å². The summed E-state index contributed by atoms with van der Waals surface area (Å²) in [6.45, 7) is 2.75. The number of ether oxygens (including phenoxy) is 4. The molecule has 2 saturated heterocycles. The molecular weight excluding hydrogens is 626 g/mol. The number of hydrogen-bond donors (Lipinski definition) is 7. The number of hydrogen-bond acceptors (Lipinski definition) is 13. The molecule has 14 nitrogen and oxygen atoms in total. The number of phenolic OH excluding ortho intramolecular Hbond substituents is 1. The van der Waals surface area contributed by atoms with Gasteiger partial charge in [-0.1, -0.05) is 36.4 Å². The Morgan fingerprint density at radius 2 is 1.61 bits per heavy atom. The summed E-state index contributed by atoms with van der Waals surface area (Å²) in [5.74, 6) is -1.43. The molecule has 10 atom stereocenters. The maximum atomic E-state index is 12.9. The number of carbonyl (C=O) groups excluding carboxylic acids is 1. The molecule has 3 fully saturated rings. The molecule has 0 aromatic heterocycles. The van der Waals surface area contributed by atoms with E-state index < -0.39 is 76.9 Å². The van der Waals surface area contributed by atoms with Crippen molar-refractivity contribution < 1.29 is 62.8 Å². The fraction of sp³-hybridized carbons (Fsp3) is 0.452. The minimum atomic E-state index is -3.73. The van der Waals surface area contributed by atoms with Gasteiger partial charge in [-0.15, -0.1) is 0 Å². The van der Waals surface area contributed by atoms with E-state index in [1.54, 1.807) is 30.3 Å². The Bertz CT molecular complexity index is 1580. The van der Waals surface area contributed by atoms with Crippen molar-refractivity contribution in [3.8, 4) is 11.5 Å². The van der Waals surface area contributed by atoms with E-state index in [0.29, 0.717) is 11.1 Å². The maximum absolute atomic E-state index is 12.9. The predicted octanol–water partition coefficient (Wildman–Crippen LogP) is -0.538. The van der Waals surface area contributed by atoms with E-state index >= 15 is 0 Å². The molecular formula is C31H37NO13S. The third kappa shape index (κ3) is 7.27. The van der Waals surface area contributed by atoms with Crippen LogP contribution in [0.5, 0.6) is 11.5 Å². The number of nitrogens with one attached hydrogen (secondary N) is 1. The van der Waals surface area contributed by atoms with E-state index in [0.717, 1.165) is 5.41 Å². The van der Waals surface area contributed by atoms with Crippen molar-refractivity contribution in [2.45, 2.75) is 80.8 Å². The van der Waals surface area contributed by atoms with E-state index in [-0.39, 0.29) is 35.2 Å². The van der Waals surface area contributed by atoms with Crippen LogP contribution in [0.4, 0.5) is 0 Å². The smallest absolute Gasteiger partial charge is 0.247 e. The van der Waals surface area contributed by atoms with Gasteiger partial charge in [0.1, 0.15) is 55.6 Å². The summed E-state index contributed by atoms with van der Waals surface area (Å²) in [6.07, 6.45) is -10.4. The Hall–Kier alpha value is -3.38. The summed E-state index contributed by atoms with van der Waals surface area (Å²) in [5.41, 5.74) is 1.24. The topological polar surface area (TPSA) is 222 Å². The van der Waals surface area contributed by atoms with Crippen LogP contribution in [0.1, 0.15) is 25.0 Å². The van der Waals surface area contributed by atoms with Crippen LogP contribution >= 0.6 is 0 Å². The zero-order valence-corrected chi connectivity index (χ0v) is 25.7. The highest BCUT2D eigenvalue weighted by atomic mass is 32.2. The zero-order valence-electron chi connectivity index (χ0n) is 24.9. The molecule has 3 aliphatic rings. The molecule has 15 heteroatoms.